The molecule has 4 nitrogen and oxygen atoms in total. The van der Waals surface area contributed by atoms with Crippen LogP contribution in [0.1, 0.15) is 29.2 Å². The number of hydrogen-bond donors (Lipinski definition) is 1. The second-order valence-corrected chi connectivity index (χ2v) is 3.92. The Kier molecular flexibility index (Phi) is 5.11. The average molecular weight is 286 g/mol. The summed E-state index contributed by atoms with van der Waals surface area (Å²) in [6, 6.07) is 3.45. The quantitative estimate of drug-likeness (QED) is 0.860. The van der Waals surface area contributed by atoms with Crippen LogP contribution in [0.3, 0.4) is 0 Å². The number of nitriles is 1. The number of hydrogen-bond acceptors (Lipinski definition) is 4. The first-order valence-electron chi connectivity index (χ1n) is 5.82. The fourth-order valence-electron chi connectivity index (χ4n) is 1.82. The van der Waals surface area contributed by atoms with E-state index in [4.69, 9.17) is 15.7 Å². The maximum absolute atomic E-state index is 12.8. The summed E-state index contributed by atoms with van der Waals surface area (Å²) in [5.74, 6) is -0.578. The van der Waals surface area contributed by atoms with Crippen molar-refractivity contribution >= 4 is 5.97 Å². The van der Waals surface area contributed by atoms with E-state index in [1.165, 1.54) is 6.07 Å². The first-order chi connectivity index (χ1) is 9.35. The molecular weight excluding hydrogens is 273 g/mol. The Hall–Kier alpha value is -2.07. The van der Waals surface area contributed by atoms with Gasteiger partial charge in [0.05, 0.1) is 24.2 Å². The van der Waals surface area contributed by atoms with Crippen LogP contribution in [0.5, 0.6) is 0 Å². The Bertz CT molecular complexity index is 548. The fraction of sp³-hybridized carbons (Fsp3) is 0.385. The molecule has 0 aliphatic carbocycles. The summed E-state index contributed by atoms with van der Waals surface area (Å²) in [5, 5.41) is 8.93. The van der Waals surface area contributed by atoms with Gasteiger partial charge in [-0.15, -0.1) is 0 Å². The van der Waals surface area contributed by atoms with E-state index >= 15 is 0 Å². The molecule has 0 atom stereocenters. The van der Waals surface area contributed by atoms with E-state index in [9.17, 15) is 18.0 Å². The first-order valence-corrected chi connectivity index (χ1v) is 5.82. The molecule has 0 aromatic heterocycles. The van der Waals surface area contributed by atoms with Gasteiger partial charge in [0, 0.05) is 6.54 Å². The van der Waals surface area contributed by atoms with E-state index in [0.29, 0.717) is 0 Å². The number of nitrogens with two attached hydrogens (primary N) is 1. The predicted octanol–water partition coefficient (Wildman–Crippen LogP) is 2.14. The van der Waals surface area contributed by atoms with Gasteiger partial charge in [0.25, 0.3) is 0 Å². The number of carbonyl (C=O) groups is 1. The van der Waals surface area contributed by atoms with Crippen molar-refractivity contribution in [3.05, 3.63) is 34.4 Å². The highest BCUT2D eigenvalue weighted by molar-refractivity contribution is 5.73. The summed E-state index contributed by atoms with van der Waals surface area (Å²) in [6.07, 6.45) is -4.86. The lowest BCUT2D eigenvalue weighted by molar-refractivity contribution is -0.142. The third kappa shape index (κ3) is 3.48. The van der Waals surface area contributed by atoms with E-state index in [1.807, 2.05) is 0 Å². The van der Waals surface area contributed by atoms with Gasteiger partial charge in [-0.1, -0.05) is 6.07 Å². The Morgan fingerprint density at radius 2 is 2.10 bits per heavy atom. The van der Waals surface area contributed by atoms with E-state index < -0.39 is 23.3 Å². The van der Waals surface area contributed by atoms with Gasteiger partial charge in [-0.25, -0.2) is 0 Å². The van der Waals surface area contributed by atoms with Gasteiger partial charge in [-0.3, -0.25) is 4.79 Å². The molecule has 1 aromatic carbocycles. The molecule has 1 aromatic rings. The Morgan fingerprint density at radius 1 is 1.45 bits per heavy atom. The first kappa shape index (κ1) is 16.0. The van der Waals surface area contributed by atoms with Crippen molar-refractivity contribution in [2.24, 2.45) is 5.73 Å². The van der Waals surface area contributed by atoms with Crippen LogP contribution in [0.4, 0.5) is 13.2 Å². The minimum absolute atomic E-state index is 0.0235. The van der Waals surface area contributed by atoms with Gasteiger partial charge in [-0.2, -0.15) is 18.4 Å². The Labute approximate surface area is 113 Å². The maximum atomic E-state index is 12.8. The van der Waals surface area contributed by atoms with Crippen LogP contribution in [0, 0.1) is 11.3 Å². The molecule has 7 heteroatoms. The van der Waals surface area contributed by atoms with Crippen molar-refractivity contribution in [1.82, 2.24) is 0 Å². The van der Waals surface area contributed by atoms with Gasteiger partial charge in [0.1, 0.15) is 6.07 Å². The molecule has 0 saturated heterocycles. The second kappa shape index (κ2) is 6.39. The zero-order valence-electron chi connectivity index (χ0n) is 10.8. The topological polar surface area (TPSA) is 76.1 Å². The van der Waals surface area contributed by atoms with Gasteiger partial charge in [-0.05, 0) is 24.1 Å². The number of ether oxygens (including phenoxy) is 1. The van der Waals surface area contributed by atoms with E-state index in [2.05, 4.69) is 0 Å². The van der Waals surface area contributed by atoms with E-state index in [1.54, 1.807) is 6.92 Å². The molecule has 0 fully saturated rings. The molecule has 108 valence electrons. The molecule has 1 rings (SSSR count). The normalized spacial score (nSPS) is 11.0. The standard InChI is InChI=1S/C13H13F3N2O2/c1-2-20-12(19)5-8-3-4-11(13(14,15)16)10(7-18)9(8)6-17/h3-4H,2,5-6,17H2,1H3. The molecule has 20 heavy (non-hydrogen) atoms. The monoisotopic (exact) mass is 286 g/mol. The number of nitrogens with zero attached hydrogens (tertiary/aromatic N) is 1. The van der Waals surface area contributed by atoms with E-state index in [-0.39, 0.29) is 30.7 Å². The third-order valence-corrected chi connectivity index (χ3v) is 2.67. The summed E-state index contributed by atoms with van der Waals surface area (Å²) in [6.45, 7) is 1.53. The molecule has 0 aliphatic rings. The molecule has 0 heterocycles. The smallest absolute Gasteiger partial charge is 0.417 e. The lowest BCUT2D eigenvalue weighted by Gasteiger charge is -2.15. The maximum Gasteiger partial charge on any atom is 0.417 e. The third-order valence-electron chi connectivity index (χ3n) is 2.67. The summed E-state index contributed by atoms with van der Waals surface area (Å²) < 4.78 is 43.1. The lowest BCUT2D eigenvalue weighted by atomic mass is 9.94. The van der Waals surface area contributed by atoms with Crippen molar-refractivity contribution < 1.29 is 22.7 Å². The zero-order valence-corrected chi connectivity index (χ0v) is 10.8. The molecule has 0 radical (unpaired) electrons. The Morgan fingerprint density at radius 3 is 2.55 bits per heavy atom. The second-order valence-electron chi connectivity index (χ2n) is 3.92. The lowest BCUT2D eigenvalue weighted by Crippen LogP contribution is -2.16. The molecular formula is C13H13F3N2O2. The van der Waals surface area contributed by atoms with Gasteiger partial charge in [0.2, 0.25) is 0 Å². The van der Waals surface area contributed by atoms with Crippen LogP contribution < -0.4 is 5.73 Å². The highest BCUT2D eigenvalue weighted by Gasteiger charge is 2.35. The number of benzene rings is 1. The summed E-state index contributed by atoms with van der Waals surface area (Å²) in [4.78, 5) is 11.4. The highest BCUT2D eigenvalue weighted by atomic mass is 19.4. The van der Waals surface area contributed by atoms with Crippen LogP contribution in [0.2, 0.25) is 0 Å². The minimum atomic E-state index is -4.64. The van der Waals surface area contributed by atoms with Crippen molar-refractivity contribution in [2.45, 2.75) is 26.1 Å². The van der Waals surface area contributed by atoms with Crippen molar-refractivity contribution in [3.63, 3.8) is 0 Å². The molecule has 2 N–H and O–H groups in total. The van der Waals surface area contributed by atoms with Gasteiger partial charge >= 0.3 is 12.1 Å². The molecule has 0 bridgehead atoms. The SMILES string of the molecule is CCOC(=O)Cc1ccc(C(F)(F)F)c(C#N)c1CN. The number of alkyl halides is 3. The van der Waals surface area contributed by atoms with Crippen LogP contribution >= 0.6 is 0 Å². The molecule has 0 aliphatic heterocycles. The number of halogens is 3. The Balaban J connectivity index is 3.30. The van der Waals surface area contributed by atoms with Gasteiger partial charge < -0.3 is 10.5 Å². The van der Waals surface area contributed by atoms with Crippen LogP contribution in [0.15, 0.2) is 12.1 Å². The van der Waals surface area contributed by atoms with Crippen LogP contribution in [-0.2, 0) is 28.7 Å². The zero-order chi connectivity index (χ0) is 15.3. The van der Waals surface area contributed by atoms with Crippen LogP contribution in [0.25, 0.3) is 0 Å². The summed E-state index contributed by atoms with van der Waals surface area (Å²) in [5.41, 5.74) is 4.13. The summed E-state index contributed by atoms with van der Waals surface area (Å²) >= 11 is 0. The molecule has 0 spiro atoms. The molecule has 0 saturated carbocycles. The fourth-order valence-corrected chi connectivity index (χ4v) is 1.82. The van der Waals surface area contributed by atoms with Crippen molar-refractivity contribution in [3.8, 4) is 6.07 Å². The minimum Gasteiger partial charge on any atom is -0.466 e. The largest absolute Gasteiger partial charge is 0.466 e. The number of rotatable bonds is 4. The molecule has 0 unspecified atom stereocenters. The highest BCUT2D eigenvalue weighted by Crippen LogP contribution is 2.34. The average Bonchev–Trinajstić information content (AvgIpc) is 2.36. The predicted molar refractivity (Wildman–Crippen MR) is 64.4 cm³/mol. The summed E-state index contributed by atoms with van der Waals surface area (Å²) in [7, 11) is 0. The number of carbonyl (C=O) groups excluding carboxylic acids is 1. The molecule has 0 amide bonds. The van der Waals surface area contributed by atoms with E-state index in [0.717, 1.165) is 12.1 Å². The van der Waals surface area contributed by atoms with Crippen LogP contribution in [-0.4, -0.2) is 12.6 Å². The van der Waals surface area contributed by atoms with Crippen molar-refractivity contribution in [2.75, 3.05) is 6.61 Å². The van der Waals surface area contributed by atoms with Crippen molar-refractivity contribution in [1.29, 1.82) is 5.26 Å². The number of esters is 1. The van der Waals surface area contributed by atoms with Gasteiger partial charge in [0.15, 0.2) is 0 Å².